The van der Waals surface area contributed by atoms with Crippen molar-refractivity contribution in [2.45, 2.75) is 13.0 Å². The molecule has 0 spiro atoms. The Morgan fingerprint density at radius 1 is 1.43 bits per heavy atom. The number of nitrogens with two attached hydrogens (primary N) is 1. The first-order valence-corrected chi connectivity index (χ1v) is 5.70. The highest BCUT2D eigenvalue weighted by atomic mass is 127. The van der Waals surface area contributed by atoms with Crippen LogP contribution in [0.5, 0.6) is 0 Å². The number of nitrogens with zero attached hydrogens (tertiary/aromatic N) is 2. The molecule has 3 nitrogen and oxygen atoms in total. The quantitative estimate of drug-likeness (QED) is 0.881. The fourth-order valence-corrected chi connectivity index (χ4v) is 1.94. The van der Waals surface area contributed by atoms with Crippen LogP contribution in [0.15, 0.2) is 24.4 Å². The van der Waals surface area contributed by atoms with Crippen molar-refractivity contribution in [3.05, 3.63) is 28.0 Å². The maximum absolute atomic E-state index is 5.48. The van der Waals surface area contributed by atoms with Gasteiger partial charge in [-0.05, 0) is 47.7 Å². The molecule has 1 aromatic heterocycles. The van der Waals surface area contributed by atoms with Gasteiger partial charge < -0.3 is 5.73 Å². The monoisotopic (exact) mass is 301 g/mol. The SMILES string of the molecule is NCCCn1ncc2ccc(I)cc21. The predicted octanol–water partition coefficient (Wildman–Crippen LogP) is 1.99. The zero-order valence-electron chi connectivity index (χ0n) is 7.78. The van der Waals surface area contributed by atoms with Crippen LogP contribution in [0.4, 0.5) is 0 Å². The summed E-state index contributed by atoms with van der Waals surface area (Å²) in [7, 11) is 0. The van der Waals surface area contributed by atoms with E-state index >= 15 is 0 Å². The van der Waals surface area contributed by atoms with Crippen molar-refractivity contribution >= 4 is 33.5 Å². The maximum Gasteiger partial charge on any atom is 0.0692 e. The standard InChI is InChI=1S/C10H12IN3/c11-9-3-2-8-7-13-14(5-1-4-12)10(8)6-9/h2-3,6-7H,1,4-5,12H2. The summed E-state index contributed by atoms with van der Waals surface area (Å²) in [5.41, 5.74) is 6.68. The normalized spacial score (nSPS) is 11.0. The third-order valence-electron chi connectivity index (χ3n) is 2.18. The number of hydrogen-bond acceptors (Lipinski definition) is 2. The zero-order chi connectivity index (χ0) is 9.97. The molecule has 2 rings (SSSR count). The van der Waals surface area contributed by atoms with Gasteiger partial charge >= 0.3 is 0 Å². The van der Waals surface area contributed by atoms with Crippen LogP contribution in [-0.2, 0) is 6.54 Å². The number of rotatable bonds is 3. The Kier molecular flexibility index (Phi) is 3.02. The van der Waals surface area contributed by atoms with Gasteiger partial charge in [0.1, 0.15) is 0 Å². The van der Waals surface area contributed by atoms with Crippen molar-refractivity contribution in [3.8, 4) is 0 Å². The Morgan fingerprint density at radius 2 is 2.29 bits per heavy atom. The summed E-state index contributed by atoms with van der Waals surface area (Å²) in [6, 6.07) is 6.35. The molecule has 0 atom stereocenters. The van der Waals surface area contributed by atoms with Crippen LogP contribution < -0.4 is 5.73 Å². The summed E-state index contributed by atoms with van der Waals surface area (Å²) in [5, 5.41) is 5.53. The molecule has 0 unspecified atom stereocenters. The summed E-state index contributed by atoms with van der Waals surface area (Å²) in [5.74, 6) is 0. The molecule has 14 heavy (non-hydrogen) atoms. The van der Waals surface area contributed by atoms with Gasteiger partial charge in [-0.15, -0.1) is 0 Å². The smallest absolute Gasteiger partial charge is 0.0692 e. The van der Waals surface area contributed by atoms with E-state index in [1.165, 1.54) is 14.5 Å². The summed E-state index contributed by atoms with van der Waals surface area (Å²) in [4.78, 5) is 0. The van der Waals surface area contributed by atoms with E-state index in [2.05, 4.69) is 45.9 Å². The molecule has 0 aliphatic rings. The van der Waals surface area contributed by atoms with Gasteiger partial charge in [-0.25, -0.2) is 0 Å². The average molecular weight is 301 g/mol. The highest BCUT2D eigenvalue weighted by Gasteiger charge is 2.01. The molecule has 0 radical (unpaired) electrons. The minimum absolute atomic E-state index is 0.714. The van der Waals surface area contributed by atoms with Gasteiger partial charge in [0.05, 0.1) is 11.7 Å². The molecule has 2 N–H and O–H groups in total. The van der Waals surface area contributed by atoms with Crippen LogP contribution in [-0.4, -0.2) is 16.3 Å². The Labute approximate surface area is 96.4 Å². The van der Waals surface area contributed by atoms with E-state index in [4.69, 9.17) is 5.73 Å². The van der Waals surface area contributed by atoms with Crippen molar-refractivity contribution in [2.75, 3.05) is 6.54 Å². The first-order valence-electron chi connectivity index (χ1n) is 4.62. The molecular weight excluding hydrogens is 289 g/mol. The molecular formula is C10H12IN3. The van der Waals surface area contributed by atoms with Crippen LogP contribution in [0.2, 0.25) is 0 Å². The first-order chi connectivity index (χ1) is 6.81. The molecule has 4 heteroatoms. The van der Waals surface area contributed by atoms with Crippen LogP contribution in [0.3, 0.4) is 0 Å². The summed E-state index contributed by atoms with van der Waals surface area (Å²) >= 11 is 2.31. The Balaban J connectivity index is 2.40. The number of aromatic nitrogens is 2. The number of hydrogen-bond donors (Lipinski definition) is 1. The van der Waals surface area contributed by atoms with Crippen LogP contribution >= 0.6 is 22.6 Å². The third kappa shape index (κ3) is 1.90. The average Bonchev–Trinajstić information content (AvgIpc) is 2.57. The van der Waals surface area contributed by atoms with Gasteiger partial charge in [-0.2, -0.15) is 5.10 Å². The highest BCUT2D eigenvalue weighted by Crippen LogP contribution is 2.17. The Bertz CT molecular complexity index is 436. The van der Waals surface area contributed by atoms with Gasteiger partial charge in [-0.3, -0.25) is 4.68 Å². The first kappa shape index (κ1) is 9.92. The van der Waals surface area contributed by atoms with E-state index in [0.29, 0.717) is 6.54 Å². The molecule has 0 fully saturated rings. The van der Waals surface area contributed by atoms with Gasteiger partial charge in [-0.1, -0.05) is 6.07 Å². The second kappa shape index (κ2) is 4.27. The lowest BCUT2D eigenvalue weighted by Crippen LogP contribution is -2.06. The van der Waals surface area contributed by atoms with E-state index in [9.17, 15) is 0 Å². The largest absolute Gasteiger partial charge is 0.330 e. The topological polar surface area (TPSA) is 43.8 Å². The zero-order valence-corrected chi connectivity index (χ0v) is 9.94. The maximum atomic E-state index is 5.48. The van der Waals surface area contributed by atoms with Crippen molar-refractivity contribution in [1.29, 1.82) is 0 Å². The summed E-state index contributed by atoms with van der Waals surface area (Å²) < 4.78 is 3.26. The molecule has 0 saturated heterocycles. The minimum atomic E-state index is 0.714. The second-order valence-electron chi connectivity index (χ2n) is 3.21. The highest BCUT2D eigenvalue weighted by molar-refractivity contribution is 14.1. The second-order valence-corrected chi connectivity index (χ2v) is 4.46. The van der Waals surface area contributed by atoms with E-state index in [-0.39, 0.29) is 0 Å². The molecule has 74 valence electrons. The molecule has 2 aromatic rings. The van der Waals surface area contributed by atoms with E-state index in [1.54, 1.807) is 0 Å². The van der Waals surface area contributed by atoms with Gasteiger partial charge in [0.25, 0.3) is 0 Å². The Hall–Kier alpha value is -0.620. The number of aryl methyl sites for hydroxylation is 1. The number of halogens is 1. The molecule has 1 aromatic carbocycles. The van der Waals surface area contributed by atoms with E-state index in [0.717, 1.165) is 13.0 Å². The fraction of sp³-hybridized carbons (Fsp3) is 0.300. The van der Waals surface area contributed by atoms with Gasteiger partial charge in [0, 0.05) is 15.5 Å². The lowest BCUT2D eigenvalue weighted by molar-refractivity contribution is 0.602. The van der Waals surface area contributed by atoms with Crippen molar-refractivity contribution in [2.24, 2.45) is 5.73 Å². The molecule has 0 aliphatic carbocycles. The van der Waals surface area contributed by atoms with Crippen LogP contribution in [0, 0.1) is 3.57 Å². The molecule has 0 saturated carbocycles. The van der Waals surface area contributed by atoms with Gasteiger partial charge in [0.2, 0.25) is 0 Å². The Morgan fingerprint density at radius 3 is 3.07 bits per heavy atom. The minimum Gasteiger partial charge on any atom is -0.330 e. The molecule has 0 bridgehead atoms. The molecule has 0 aliphatic heterocycles. The number of fused-ring (bicyclic) bond motifs is 1. The lowest BCUT2D eigenvalue weighted by atomic mass is 10.2. The van der Waals surface area contributed by atoms with E-state index < -0.39 is 0 Å². The fourth-order valence-electron chi connectivity index (χ4n) is 1.46. The molecule has 1 heterocycles. The summed E-state index contributed by atoms with van der Waals surface area (Å²) in [6.45, 7) is 1.62. The molecule has 0 amide bonds. The van der Waals surface area contributed by atoms with Crippen molar-refractivity contribution in [3.63, 3.8) is 0 Å². The lowest BCUT2D eigenvalue weighted by Gasteiger charge is -2.01. The summed E-state index contributed by atoms with van der Waals surface area (Å²) in [6.07, 6.45) is 2.88. The number of benzene rings is 1. The van der Waals surface area contributed by atoms with E-state index in [1.807, 2.05) is 10.9 Å². The third-order valence-corrected chi connectivity index (χ3v) is 2.85. The van der Waals surface area contributed by atoms with Crippen molar-refractivity contribution in [1.82, 2.24) is 9.78 Å². The van der Waals surface area contributed by atoms with Crippen molar-refractivity contribution < 1.29 is 0 Å². The van der Waals surface area contributed by atoms with Crippen LogP contribution in [0.25, 0.3) is 10.9 Å². The van der Waals surface area contributed by atoms with Gasteiger partial charge in [0.15, 0.2) is 0 Å². The predicted molar refractivity (Wildman–Crippen MR) is 66.1 cm³/mol. The van der Waals surface area contributed by atoms with Crippen LogP contribution in [0.1, 0.15) is 6.42 Å².